The maximum atomic E-state index is 16.0. The Morgan fingerprint density at radius 2 is 1.98 bits per heavy atom. The number of H-pyrrole nitrogens is 2. The Balaban J connectivity index is 1.40. The van der Waals surface area contributed by atoms with E-state index in [1.54, 1.807) is 18.3 Å². The van der Waals surface area contributed by atoms with Gasteiger partial charge in [0.25, 0.3) is 0 Å². The van der Waals surface area contributed by atoms with Gasteiger partial charge in [-0.15, -0.1) is 11.3 Å². The number of hydrogen-bond donors (Lipinski definition) is 3. The fourth-order valence-electron chi connectivity index (χ4n) is 4.44. The van der Waals surface area contributed by atoms with Gasteiger partial charge in [-0.2, -0.15) is 5.10 Å². The zero-order valence-corrected chi connectivity index (χ0v) is 22.4. The van der Waals surface area contributed by atoms with E-state index in [1.807, 2.05) is 19.1 Å². The highest BCUT2D eigenvalue weighted by molar-refractivity contribution is 7.17. The lowest BCUT2D eigenvalue weighted by molar-refractivity contribution is -0.116. The number of aromatic amines is 2. The number of carbonyl (C=O) groups excluding carboxylic acids is 2. The first-order chi connectivity index (χ1) is 19.4. The lowest BCUT2D eigenvalue weighted by Crippen LogP contribution is -2.11. The van der Waals surface area contributed by atoms with Crippen LogP contribution in [0.1, 0.15) is 42.8 Å². The zero-order valence-electron chi connectivity index (χ0n) is 21.6. The number of thiophene rings is 1. The highest BCUT2D eigenvalue weighted by atomic mass is 32.1. The van der Waals surface area contributed by atoms with Gasteiger partial charge in [0.15, 0.2) is 23.1 Å². The third kappa shape index (κ3) is 4.62. The number of halogens is 1. The van der Waals surface area contributed by atoms with E-state index in [2.05, 4.69) is 35.5 Å². The third-order valence-corrected chi connectivity index (χ3v) is 7.64. The second-order valence-electron chi connectivity index (χ2n) is 9.26. The summed E-state index contributed by atoms with van der Waals surface area (Å²) >= 11 is 1.38. The Kier molecular flexibility index (Phi) is 6.60. The van der Waals surface area contributed by atoms with Crippen molar-refractivity contribution < 1.29 is 14.0 Å². The van der Waals surface area contributed by atoms with E-state index in [0.717, 1.165) is 23.3 Å². The Morgan fingerprint density at radius 1 is 1.10 bits per heavy atom. The van der Waals surface area contributed by atoms with E-state index in [9.17, 15) is 9.59 Å². The van der Waals surface area contributed by atoms with Crippen molar-refractivity contribution >= 4 is 50.8 Å². The fourth-order valence-corrected chi connectivity index (χ4v) is 5.37. The van der Waals surface area contributed by atoms with Gasteiger partial charge in [-0.1, -0.05) is 13.3 Å². The summed E-state index contributed by atoms with van der Waals surface area (Å²) in [6.45, 7) is 3.54. The summed E-state index contributed by atoms with van der Waals surface area (Å²) < 4.78 is 16.0. The average molecular weight is 555 g/mol. The molecule has 6 rings (SSSR count). The van der Waals surface area contributed by atoms with Crippen LogP contribution in [-0.2, 0) is 4.79 Å². The normalized spacial score (nSPS) is 11.4. The van der Waals surface area contributed by atoms with Crippen molar-refractivity contribution in [2.24, 2.45) is 0 Å². The van der Waals surface area contributed by atoms with Gasteiger partial charge in [-0.05, 0) is 37.6 Å². The summed E-state index contributed by atoms with van der Waals surface area (Å²) in [4.78, 5) is 46.2. The number of anilines is 1. The predicted octanol–water partition coefficient (Wildman–Crippen LogP) is 6.16. The third-order valence-electron chi connectivity index (χ3n) is 6.42. The molecule has 12 heteroatoms. The Hall–Kier alpha value is -4.84. The number of hydrogen-bond acceptors (Lipinski definition) is 8. The van der Waals surface area contributed by atoms with Crippen LogP contribution in [0, 0.1) is 5.82 Å². The van der Waals surface area contributed by atoms with Crippen molar-refractivity contribution in [1.29, 1.82) is 0 Å². The molecule has 10 nitrogen and oxygen atoms in total. The highest BCUT2D eigenvalue weighted by Crippen LogP contribution is 2.36. The van der Waals surface area contributed by atoms with E-state index in [0.29, 0.717) is 45.1 Å². The SMILES string of the molecule is CCCCC(=O)Nc1cncc(-c2ncc3[nH]nc(-c4nc5c(-c6ccc(C(C)=O)s6)ccnc5[nH]4)c3c2F)c1. The molecule has 0 unspecified atom stereocenters. The van der Waals surface area contributed by atoms with Gasteiger partial charge in [-0.25, -0.2) is 14.4 Å². The first-order valence-electron chi connectivity index (χ1n) is 12.7. The molecule has 0 aromatic carbocycles. The molecule has 0 bridgehead atoms. The smallest absolute Gasteiger partial charge is 0.224 e. The first-order valence-corrected chi connectivity index (χ1v) is 13.5. The summed E-state index contributed by atoms with van der Waals surface area (Å²) in [5.41, 5.74) is 3.49. The van der Waals surface area contributed by atoms with Crippen LogP contribution in [0.5, 0.6) is 0 Å². The minimum atomic E-state index is -0.601. The van der Waals surface area contributed by atoms with E-state index >= 15 is 4.39 Å². The number of ketones is 1. The Bertz CT molecular complexity index is 1910. The van der Waals surface area contributed by atoms with Crippen LogP contribution >= 0.6 is 11.3 Å². The second-order valence-corrected chi connectivity index (χ2v) is 10.3. The molecule has 6 aromatic heterocycles. The zero-order chi connectivity index (χ0) is 27.8. The number of imidazole rings is 1. The Morgan fingerprint density at radius 3 is 2.77 bits per heavy atom. The fraction of sp³-hybridized carbons (Fsp3) is 0.179. The number of carbonyl (C=O) groups is 2. The molecule has 40 heavy (non-hydrogen) atoms. The van der Waals surface area contributed by atoms with Gasteiger partial charge in [0, 0.05) is 34.8 Å². The minimum Gasteiger partial charge on any atom is -0.325 e. The lowest BCUT2D eigenvalue weighted by atomic mass is 10.1. The van der Waals surface area contributed by atoms with Crippen LogP contribution in [0.25, 0.3) is 55.3 Å². The number of aromatic nitrogens is 7. The number of fused-ring (bicyclic) bond motifs is 2. The molecule has 0 saturated heterocycles. The van der Waals surface area contributed by atoms with Crippen LogP contribution in [0.4, 0.5) is 10.1 Å². The van der Waals surface area contributed by atoms with Gasteiger partial charge in [0.05, 0.1) is 33.9 Å². The maximum absolute atomic E-state index is 16.0. The number of amides is 1. The van der Waals surface area contributed by atoms with Crippen molar-refractivity contribution in [3.8, 4) is 33.2 Å². The van der Waals surface area contributed by atoms with Crippen molar-refractivity contribution in [1.82, 2.24) is 35.1 Å². The topological polar surface area (TPSA) is 142 Å². The van der Waals surface area contributed by atoms with Gasteiger partial charge in [-0.3, -0.25) is 24.7 Å². The average Bonchev–Trinajstić information content (AvgIpc) is 3.70. The molecule has 0 aliphatic rings. The molecule has 6 aromatic rings. The molecule has 0 fully saturated rings. The second kappa shape index (κ2) is 10.4. The molecular formula is C28H23FN8O2S. The van der Waals surface area contributed by atoms with Crippen LogP contribution in [0.15, 0.2) is 49.1 Å². The molecular weight excluding hydrogens is 531 g/mol. The molecule has 0 aliphatic heterocycles. The minimum absolute atomic E-state index is 0.00763. The summed E-state index contributed by atoms with van der Waals surface area (Å²) in [7, 11) is 0. The quantitative estimate of drug-likeness (QED) is 0.191. The van der Waals surface area contributed by atoms with Crippen LogP contribution < -0.4 is 5.32 Å². The summed E-state index contributed by atoms with van der Waals surface area (Å²) in [5, 5.41) is 10.2. The number of unbranched alkanes of at least 4 members (excludes halogenated alkanes) is 1. The van der Waals surface area contributed by atoms with E-state index in [4.69, 9.17) is 4.98 Å². The lowest BCUT2D eigenvalue weighted by Gasteiger charge is -2.08. The van der Waals surface area contributed by atoms with Crippen molar-refractivity contribution in [2.45, 2.75) is 33.1 Å². The number of nitrogens with one attached hydrogen (secondary N) is 3. The van der Waals surface area contributed by atoms with E-state index < -0.39 is 5.82 Å². The molecule has 6 heterocycles. The summed E-state index contributed by atoms with van der Waals surface area (Å²) in [6, 6.07) is 7.13. The molecule has 0 atom stereocenters. The standard InChI is InChI=1S/C28H23FN8O2S/c1-3-4-5-21(39)33-16-10-15(11-30-12-16)24-23(29)22-18(13-32-24)36-37-26(22)28-34-25-17(8-9-31-27(25)35-28)20-7-6-19(40-20)14(2)38/h6-13H,3-5H2,1-2H3,(H,33,39)(H,36,37)(H,31,34,35). The van der Waals surface area contributed by atoms with Gasteiger partial charge < -0.3 is 10.3 Å². The van der Waals surface area contributed by atoms with Crippen LogP contribution in [0.3, 0.4) is 0 Å². The molecule has 0 saturated carbocycles. The molecule has 0 radical (unpaired) electrons. The van der Waals surface area contributed by atoms with Crippen LogP contribution in [-0.4, -0.2) is 46.8 Å². The van der Waals surface area contributed by atoms with Gasteiger partial charge in [0.1, 0.15) is 16.9 Å². The maximum Gasteiger partial charge on any atom is 0.224 e. The van der Waals surface area contributed by atoms with E-state index in [1.165, 1.54) is 36.9 Å². The van der Waals surface area contributed by atoms with Gasteiger partial charge in [0.2, 0.25) is 5.91 Å². The van der Waals surface area contributed by atoms with Gasteiger partial charge >= 0.3 is 0 Å². The number of pyridine rings is 3. The van der Waals surface area contributed by atoms with Crippen molar-refractivity contribution in [3.63, 3.8) is 0 Å². The molecule has 1 amide bonds. The number of nitrogens with zero attached hydrogens (tertiary/aromatic N) is 5. The van der Waals surface area contributed by atoms with E-state index in [-0.39, 0.29) is 28.5 Å². The molecule has 0 spiro atoms. The van der Waals surface area contributed by atoms with Crippen molar-refractivity contribution in [2.75, 3.05) is 5.32 Å². The summed E-state index contributed by atoms with van der Waals surface area (Å²) in [6.07, 6.45) is 8.24. The largest absolute Gasteiger partial charge is 0.325 e. The predicted molar refractivity (Wildman–Crippen MR) is 151 cm³/mol. The summed E-state index contributed by atoms with van der Waals surface area (Å²) in [5.74, 6) is -0.405. The number of Topliss-reactive ketones (excluding diaryl/α,β-unsaturated/α-hetero) is 1. The highest BCUT2D eigenvalue weighted by Gasteiger charge is 2.22. The molecule has 3 N–H and O–H groups in total. The molecule has 0 aliphatic carbocycles. The Labute approximate surface area is 231 Å². The molecule has 200 valence electrons. The van der Waals surface area contributed by atoms with Crippen molar-refractivity contribution in [3.05, 3.63) is 59.7 Å². The monoisotopic (exact) mass is 554 g/mol. The number of rotatable bonds is 8. The first kappa shape index (κ1) is 25.4. The van der Waals surface area contributed by atoms with Crippen LogP contribution in [0.2, 0.25) is 0 Å².